The first-order valence-corrected chi connectivity index (χ1v) is 9.06. The molecule has 0 unspecified atom stereocenters. The summed E-state index contributed by atoms with van der Waals surface area (Å²) >= 11 is 0. The number of sulfone groups is 1. The molecule has 0 bridgehead atoms. The summed E-state index contributed by atoms with van der Waals surface area (Å²) in [7, 11) is -3.39. The molecule has 22 heavy (non-hydrogen) atoms. The number of carbonyl (C=O) groups excluding carboxylic acids is 1. The van der Waals surface area contributed by atoms with Crippen molar-refractivity contribution in [3.05, 3.63) is 59.2 Å². The van der Waals surface area contributed by atoms with Crippen molar-refractivity contribution in [2.24, 2.45) is 0 Å². The molecule has 114 valence electrons. The molecule has 3 rings (SSSR count). The van der Waals surface area contributed by atoms with Crippen LogP contribution in [0.5, 0.6) is 0 Å². The molecular formula is C17H17NO3S. The highest BCUT2D eigenvalue weighted by molar-refractivity contribution is 7.90. The first-order chi connectivity index (χ1) is 10.4. The van der Waals surface area contributed by atoms with E-state index in [1.165, 1.54) is 17.2 Å². The van der Waals surface area contributed by atoms with Crippen LogP contribution in [-0.4, -0.2) is 20.6 Å². The van der Waals surface area contributed by atoms with Gasteiger partial charge in [0.05, 0.1) is 10.6 Å². The molecule has 0 heterocycles. The molecule has 1 N–H and O–H groups in total. The lowest BCUT2D eigenvalue weighted by Gasteiger charge is -2.10. The van der Waals surface area contributed by atoms with Gasteiger partial charge < -0.3 is 5.32 Å². The van der Waals surface area contributed by atoms with Crippen molar-refractivity contribution in [3.8, 4) is 0 Å². The Bertz CT molecular complexity index is 841. The molecule has 0 fully saturated rings. The summed E-state index contributed by atoms with van der Waals surface area (Å²) < 4.78 is 23.5. The minimum absolute atomic E-state index is 0.129. The van der Waals surface area contributed by atoms with Gasteiger partial charge in [0, 0.05) is 11.8 Å². The van der Waals surface area contributed by atoms with Crippen LogP contribution in [-0.2, 0) is 22.7 Å². The van der Waals surface area contributed by atoms with E-state index in [-0.39, 0.29) is 10.8 Å². The van der Waals surface area contributed by atoms with Gasteiger partial charge >= 0.3 is 0 Å². The summed E-state index contributed by atoms with van der Waals surface area (Å²) in [5.41, 5.74) is 3.39. The summed E-state index contributed by atoms with van der Waals surface area (Å²) in [5.74, 6) is -0.286. The van der Waals surface area contributed by atoms with E-state index in [9.17, 15) is 13.2 Å². The zero-order valence-corrected chi connectivity index (χ0v) is 13.1. The maximum absolute atomic E-state index is 12.4. The minimum Gasteiger partial charge on any atom is -0.321 e. The third-order valence-electron chi connectivity index (χ3n) is 3.90. The fourth-order valence-electron chi connectivity index (χ4n) is 2.80. The van der Waals surface area contributed by atoms with E-state index in [1.807, 2.05) is 12.1 Å². The van der Waals surface area contributed by atoms with Crippen LogP contribution in [0.2, 0.25) is 0 Å². The average molecular weight is 315 g/mol. The van der Waals surface area contributed by atoms with Crippen LogP contribution < -0.4 is 5.32 Å². The van der Waals surface area contributed by atoms with Gasteiger partial charge in [-0.3, -0.25) is 4.79 Å². The summed E-state index contributed by atoms with van der Waals surface area (Å²) in [4.78, 5) is 12.5. The Morgan fingerprint density at radius 1 is 1.05 bits per heavy atom. The standard InChI is InChI=1S/C17H17NO3S/c1-22(20,21)16-8-3-2-7-15(16)18-17(19)14-10-9-12-5-4-6-13(12)11-14/h2-3,7-11H,4-6H2,1H3,(H,18,19). The van der Waals surface area contributed by atoms with Crippen LogP contribution in [0.4, 0.5) is 5.69 Å². The van der Waals surface area contributed by atoms with Gasteiger partial charge in [-0.05, 0) is 54.7 Å². The molecule has 2 aromatic carbocycles. The Morgan fingerprint density at radius 3 is 2.55 bits per heavy atom. The predicted octanol–water partition coefficient (Wildman–Crippen LogP) is 2.83. The van der Waals surface area contributed by atoms with E-state index in [0.717, 1.165) is 25.5 Å². The van der Waals surface area contributed by atoms with E-state index in [4.69, 9.17) is 0 Å². The van der Waals surface area contributed by atoms with Gasteiger partial charge in [0.25, 0.3) is 5.91 Å². The number of para-hydroxylation sites is 1. The molecule has 1 aliphatic rings. The molecule has 0 aromatic heterocycles. The van der Waals surface area contributed by atoms with Crippen molar-refractivity contribution in [1.82, 2.24) is 0 Å². The largest absolute Gasteiger partial charge is 0.321 e. The lowest BCUT2D eigenvalue weighted by molar-refractivity contribution is 0.102. The topological polar surface area (TPSA) is 63.2 Å². The van der Waals surface area contributed by atoms with Crippen molar-refractivity contribution in [3.63, 3.8) is 0 Å². The van der Waals surface area contributed by atoms with Crippen molar-refractivity contribution >= 4 is 21.4 Å². The van der Waals surface area contributed by atoms with E-state index < -0.39 is 9.84 Å². The van der Waals surface area contributed by atoms with E-state index in [0.29, 0.717) is 11.3 Å². The third kappa shape index (κ3) is 2.90. The first kappa shape index (κ1) is 14.8. The summed E-state index contributed by atoms with van der Waals surface area (Å²) in [6.45, 7) is 0. The number of fused-ring (bicyclic) bond motifs is 1. The smallest absolute Gasteiger partial charge is 0.255 e. The molecular weight excluding hydrogens is 298 g/mol. The number of carbonyl (C=O) groups is 1. The quantitative estimate of drug-likeness (QED) is 0.947. The number of rotatable bonds is 3. The van der Waals surface area contributed by atoms with Gasteiger partial charge in [0.2, 0.25) is 0 Å². The summed E-state index contributed by atoms with van der Waals surface area (Å²) in [6.07, 6.45) is 4.31. The number of anilines is 1. The molecule has 0 radical (unpaired) electrons. The second kappa shape index (κ2) is 5.57. The van der Waals surface area contributed by atoms with Crippen LogP contribution in [0, 0.1) is 0 Å². The second-order valence-corrected chi connectivity index (χ2v) is 7.54. The second-order valence-electron chi connectivity index (χ2n) is 5.56. The zero-order valence-electron chi connectivity index (χ0n) is 12.3. The Balaban J connectivity index is 1.89. The van der Waals surface area contributed by atoms with E-state index in [2.05, 4.69) is 5.32 Å². The molecule has 4 nitrogen and oxygen atoms in total. The van der Waals surface area contributed by atoms with Crippen LogP contribution >= 0.6 is 0 Å². The molecule has 0 saturated carbocycles. The van der Waals surface area contributed by atoms with Gasteiger partial charge in [-0.2, -0.15) is 0 Å². The highest BCUT2D eigenvalue weighted by atomic mass is 32.2. The molecule has 1 aliphatic carbocycles. The highest BCUT2D eigenvalue weighted by Crippen LogP contribution is 2.24. The first-order valence-electron chi connectivity index (χ1n) is 7.17. The Kier molecular flexibility index (Phi) is 3.74. The fraction of sp³-hybridized carbons (Fsp3) is 0.235. The zero-order chi connectivity index (χ0) is 15.7. The van der Waals surface area contributed by atoms with Gasteiger partial charge in [-0.25, -0.2) is 8.42 Å². The van der Waals surface area contributed by atoms with E-state index in [1.54, 1.807) is 24.3 Å². The van der Waals surface area contributed by atoms with Crippen molar-refractivity contribution < 1.29 is 13.2 Å². The number of hydrogen-bond donors (Lipinski definition) is 1. The van der Waals surface area contributed by atoms with Gasteiger partial charge in [-0.15, -0.1) is 0 Å². The lowest BCUT2D eigenvalue weighted by atomic mass is 10.1. The molecule has 1 amide bonds. The normalized spacial score (nSPS) is 13.7. The molecule has 2 aromatic rings. The number of nitrogens with one attached hydrogen (secondary N) is 1. The van der Waals surface area contributed by atoms with Crippen LogP contribution in [0.1, 0.15) is 27.9 Å². The molecule has 0 saturated heterocycles. The molecule has 0 aliphatic heterocycles. The lowest BCUT2D eigenvalue weighted by Crippen LogP contribution is -2.14. The number of hydrogen-bond acceptors (Lipinski definition) is 3. The van der Waals surface area contributed by atoms with Crippen molar-refractivity contribution in [1.29, 1.82) is 0 Å². The SMILES string of the molecule is CS(=O)(=O)c1ccccc1NC(=O)c1ccc2c(c1)CCC2. The van der Waals surface area contributed by atoms with Crippen molar-refractivity contribution in [2.75, 3.05) is 11.6 Å². The average Bonchev–Trinajstić information content (AvgIpc) is 2.94. The molecule has 5 heteroatoms. The Hall–Kier alpha value is -2.14. The minimum atomic E-state index is -3.39. The van der Waals surface area contributed by atoms with Gasteiger partial charge in [0.15, 0.2) is 9.84 Å². The molecule has 0 spiro atoms. The maximum atomic E-state index is 12.4. The Labute approximate surface area is 130 Å². The number of benzene rings is 2. The molecule has 0 atom stereocenters. The van der Waals surface area contributed by atoms with Crippen LogP contribution in [0.3, 0.4) is 0 Å². The van der Waals surface area contributed by atoms with Crippen molar-refractivity contribution in [2.45, 2.75) is 24.2 Å². The summed E-state index contributed by atoms with van der Waals surface area (Å²) in [6, 6.07) is 12.1. The Morgan fingerprint density at radius 2 is 1.77 bits per heavy atom. The fourth-order valence-corrected chi connectivity index (χ4v) is 3.65. The third-order valence-corrected chi connectivity index (χ3v) is 5.05. The van der Waals surface area contributed by atoms with Crippen LogP contribution in [0.15, 0.2) is 47.4 Å². The van der Waals surface area contributed by atoms with Crippen LogP contribution in [0.25, 0.3) is 0 Å². The van der Waals surface area contributed by atoms with E-state index >= 15 is 0 Å². The van der Waals surface area contributed by atoms with Gasteiger partial charge in [0.1, 0.15) is 0 Å². The monoisotopic (exact) mass is 315 g/mol. The predicted molar refractivity (Wildman–Crippen MR) is 86.0 cm³/mol. The van der Waals surface area contributed by atoms with Gasteiger partial charge in [-0.1, -0.05) is 18.2 Å². The maximum Gasteiger partial charge on any atom is 0.255 e. The highest BCUT2D eigenvalue weighted by Gasteiger charge is 2.17. The number of aryl methyl sites for hydroxylation is 2. The summed E-state index contributed by atoms with van der Waals surface area (Å²) in [5, 5.41) is 2.71. The number of amides is 1.